The lowest BCUT2D eigenvalue weighted by Crippen LogP contribution is -2.58. The van der Waals surface area contributed by atoms with E-state index in [0.29, 0.717) is 33.5 Å². The SMILES string of the molecule is CC(=O)O[C@H]1CC[C@]23C[C@]24CC[C@]2(C)[C@@H]([C@H](C)CCC5OOC(C)(C)O5)CC[C@@]2(C)[C@@H]4CC[C@H]3C1(C)C. The molecule has 6 aliphatic rings. The number of carbonyl (C=O) groups is 1. The van der Waals surface area contributed by atoms with Gasteiger partial charge in [-0.15, -0.1) is 0 Å². The molecule has 1 unspecified atom stereocenters. The third kappa shape index (κ3) is 3.54. The Labute approximate surface area is 225 Å². The number of hydrogen-bond acceptors (Lipinski definition) is 5. The lowest BCUT2D eigenvalue weighted by atomic mass is 9.41. The van der Waals surface area contributed by atoms with Crippen molar-refractivity contribution in [2.24, 2.45) is 50.7 Å². The zero-order chi connectivity index (χ0) is 26.6. The van der Waals surface area contributed by atoms with Crippen LogP contribution in [-0.2, 0) is 24.0 Å². The normalized spacial score (nSPS) is 51.8. The van der Waals surface area contributed by atoms with Gasteiger partial charge in [0.15, 0.2) is 12.1 Å². The van der Waals surface area contributed by atoms with Crippen molar-refractivity contribution >= 4 is 5.97 Å². The Hall–Kier alpha value is -0.650. The van der Waals surface area contributed by atoms with E-state index in [1.807, 2.05) is 13.8 Å². The van der Waals surface area contributed by atoms with E-state index >= 15 is 0 Å². The standard InChI is InChI=1S/C32H52O5/c1-20(9-12-26-35-28(5,6)37-36-26)22-13-15-30(8)24-11-10-23-27(3,4)25(34-21(2)33)14-16-31(23)19-32(24,31)18-17-29(22,30)7/h20,22-26H,9-19H2,1-8H3/t20-,22-,23+,24+,25+,26?,29-,30+,31-,32+/m1/s1. The van der Waals surface area contributed by atoms with Gasteiger partial charge < -0.3 is 9.47 Å². The second-order valence-electron chi connectivity index (χ2n) is 15.8. The predicted octanol–water partition coefficient (Wildman–Crippen LogP) is 7.81. The van der Waals surface area contributed by atoms with Gasteiger partial charge in [0.25, 0.3) is 0 Å². The Morgan fingerprint density at radius 3 is 2.27 bits per heavy atom. The molecule has 0 aromatic carbocycles. The highest BCUT2D eigenvalue weighted by molar-refractivity contribution is 5.66. The van der Waals surface area contributed by atoms with Crippen molar-refractivity contribution in [1.29, 1.82) is 0 Å². The molecule has 0 amide bonds. The Kier molecular flexibility index (Phi) is 5.88. The molecule has 0 bridgehead atoms. The van der Waals surface area contributed by atoms with Gasteiger partial charge in [-0.05, 0) is 123 Å². The maximum atomic E-state index is 11.9. The monoisotopic (exact) mass is 516 g/mol. The number of carbonyl (C=O) groups excluding carboxylic acids is 1. The van der Waals surface area contributed by atoms with Gasteiger partial charge in [-0.3, -0.25) is 4.79 Å². The van der Waals surface area contributed by atoms with Gasteiger partial charge in [0.1, 0.15) is 6.10 Å². The van der Waals surface area contributed by atoms with E-state index in [2.05, 4.69) is 34.6 Å². The van der Waals surface area contributed by atoms with E-state index in [-0.39, 0.29) is 23.8 Å². The van der Waals surface area contributed by atoms with Crippen molar-refractivity contribution < 1.29 is 24.0 Å². The van der Waals surface area contributed by atoms with Crippen molar-refractivity contribution in [3.63, 3.8) is 0 Å². The largest absolute Gasteiger partial charge is 0.462 e. The molecule has 1 heterocycles. The van der Waals surface area contributed by atoms with Crippen LogP contribution in [0.2, 0.25) is 0 Å². The van der Waals surface area contributed by atoms with Crippen LogP contribution in [0.4, 0.5) is 0 Å². The van der Waals surface area contributed by atoms with Crippen molar-refractivity contribution in [2.45, 2.75) is 144 Å². The average Bonchev–Trinajstić information content (AvgIpc) is 3.22. The van der Waals surface area contributed by atoms with Crippen molar-refractivity contribution in [2.75, 3.05) is 0 Å². The van der Waals surface area contributed by atoms with E-state index in [1.54, 1.807) is 6.92 Å². The topological polar surface area (TPSA) is 54.0 Å². The Bertz CT molecular complexity index is 943. The molecule has 37 heavy (non-hydrogen) atoms. The van der Waals surface area contributed by atoms with Crippen LogP contribution < -0.4 is 0 Å². The number of fused-ring (bicyclic) bond motifs is 2. The highest BCUT2D eigenvalue weighted by Crippen LogP contribution is 2.89. The van der Waals surface area contributed by atoms with E-state index in [1.165, 1.54) is 51.4 Å². The van der Waals surface area contributed by atoms with Crippen LogP contribution >= 0.6 is 0 Å². The van der Waals surface area contributed by atoms with Crippen LogP contribution in [0.3, 0.4) is 0 Å². The van der Waals surface area contributed by atoms with Gasteiger partial charge in [-0.2, -0.15) is 4.89 Å². The predicted molar refractivity (Wildman–Crippen MR) is 142 cm³/mol. The maximum Gasteiger partial charge on any atom is 0.302 e. The minimum absolute atomic E-state index is 0.0788. The summed E-state index contributed by atoms with van der Waals surface area (Å²) in [5, 5.41) is 0. The molecule has 5 nitrogen and oxygen atoms in total. The van der Waals surface area contributed by atoms with Crippen molar-refractivity contribution in [1.82, 2.24) is 0 Å². The molecular weight excluding hydrogens is 464 g/mol. The van der Waals surface area contributed by atoms with Crippen molar-refractivity contribution in [3.8, 4) is 0 Å². The molecule has 2 spiro atoms. The summed E-state index contributed by atoms with van der Waals surface area (Å²) in [6.45, 7) is 18.1. The number of hydrogen-bond donors (Lipinski definition) is 0. The molecule has 0 radical (unpaired) electrons. The van der Waals surface area contributed by atoms with Crippen LogP contribution in [0, 0.1) is 50.7 Å². The Morgan fingerprint density at radius 2 is 1.59 bits per heavy atom. The molecule has 6 rings (SSSR count). The van der Waals surface area contributed by atoms with Crippen LogP contribution in [0.1, 0.15) is 126 Å². The summed E-state index contributed by atoms with van der Waals surface area (Å²) in [5.41, 5.74) is 1.95. The molecule has 5 heteroatoms. The molecule has 210 valence electrons. The average molecular weight is 517 g/mol. The molecule has 0 aromatic rings. The quantitative estimate of drug-likeness (QED) is 0.275. The zero-order valence-corrected chi connectivity index (χ0v) is 24.8. The van der Waals surface area contributed by atoms with E-state index in [0.717, 1.165) is 31.1 Å². The van der Waals surface area contributed by atoms with E-state index in [4.69, 9.17) is 19.2 Å². The Morgan fingerprint density at radius 1 is 0.892 bits per heavy atom. The lowest BCUT2D eigenvalue weighted by Gasteiger charge is -2.63. The molecule has 1 aliphatic heterocycles. The molecule has 0 N–H and O–H groups in total. The number of esters is 1. The molecule has 0 aromatic heterocycles. The van der Waals surface area contributed by atoms with E-state index < -0.39 is 5.79 Å². The Balaban J connectivity index is 1.19. The minimum Gasteiger partial charge on any atom is -0.462 e. The van der Waals surface area contributed by atoms with Gasteiger partial charge >= 0.3 is 5.97 Å². The van der Waals surface area contributed by atoms with Gasteiger partial charge in [-0.25, -0.2) is 4.89 Å². The summed E-state index contributed by atoms with van der Waals surface area (Å²) in [5.74, 6) is 2.24. The third-order valence-corrected chi connectivity index (χ3v) is 13.7. The molecular formula is C32H52O5. The van der Waals surface area contributed by atoms with Crippen LogP contribution in [-0.4, -0.2) is 24.2 Å². The maximum absolute atomic E-state index is 11.9. The zero-order valence-electron chi connectivity index (χ0n) is 24.8. The molecule has 1 saturated heterocycles. The molecule has 10 atom stereocenters. The fourth-order valence-electron chi connectivity index (χ4n) is 11.9. The summed E-state index contributed by atoms with van der Waals surface area (Å²) >= 11 is 0. The summed E-state index contributed by atoms with van der Waals surface area (Å²) in [4.78, 5) is 22.7. The summed E-state index contributed by atoms with van der Waals surface area (Å²) in [6, 6.07) is 0. The smallest absolute Gasteiger partial charge is 0.302 e. The van der Waals surface area contributed by atoms with Gasteiger partial charge in [0.2, 0.25) is 0 Å². The number of rotatable bonds is 5. The fourth-order valence-corrected chi connectivity index (χ4v) is 11.9. The first-order valence-electron chi connectivity index (χ1n) is 15.4. The van der Waals surface area contributed by atoms with Crippen LogP contribution in [0.25, 0.3) is 0 Å². The fraction of sp³-hybridized carbons (Fsp3) is 0.969. The van der Waals surface area contributed by atoms with Crippen LogP contribution in [0.5, 0.6) is 0 Å². The minimum atomic E-state index is -0.630. The molecule has 5 saturated carbocycles. The second-order valence-corrected chi connectivity index (χ2v) is 15.8. The highest BCUT2D eigenvalue weighted by Gasteiger charge is 2.82. The van der Waals surface area contributed by atoms with E-state index in [9.17, 15) is 4.79 Å². The van der Waals surface area contributed by atoms with Gasteiger partial charge in [0, 0.05) is 18.8 Å². The van der Waals surface area contributed by atoms with Gasteiger partial charge in [-0.1, -0.05) is 34.6 Å². The van der Waals surface area contributed by atoms with Gasteiger partial charge in [0.05, 0.1) is 0 Å². The molecule has 6 fully saturated rings. The summed E-state index contributed by atoms with van der Waals surface area (Å²) in [7, 11) is 0. The first kappa shape index (κ1) is 26.6. The second kappa shape index (κ2) is 8.19. The summed E-state index contributed by atoms with van der Waals surface area (Å²) < 4.78 is 11.8. The summed E-state index contributed by atoms with van der Waals surface area (Å²) in [6.07, 6.45) is 13.9. The lowest BCUT2D eigenvalue weighted by molar-refractivity contribution is -0.321. The van der Waals surface area contributed by atoms with Crippen LogP contribution in [0.15, 0.2) is 0 Å². The third-order valence-electron chi connectivity index (χ3n) is 13.7. The first-order valence-corrected chi connectivity index (χ1v) is 15.4. The first-order chi connectivity index (χ1) is 17.2. The molecule has 5 aliphatic carbocycles. The number of ether oxygens (including phenoxy) is 2. The highest BCUT2D eigenvalue weighted by atomic mass is 17.3. The van der Waals surface area contributed by atoms with Crippen molar-refractivity contribution in [3.05, 3.63) is 0 Å².